The summed E-state index contributed by atoms with van der Waals surface area (Å²) in [6, 6.07) is 19.8. The van der Waals surface area contributed by atoms with Crippen LogP contribution in [0.1, 0.15) is 10.4 Å². The van der Waals surface area contributed by atoms with Crippen molar-refractivity contribution in [2.24, 2.45) is 0 Å². The Morgan fingerprint density at radius 2 is 1.54 bits per heavy atom. The minimum atomic E-state index is 0.0809. The molecule has 144 valence electrons. The third kappa shape index (κ3) is 3.48. The number of rotatable bonds is 4. The van der Waals surface area contributed by atoms with Gasteiger partial charge < -0.3 is 19.3 Å². The number of para-hydroxylation sites is 2. The number of benzene rings is 3. The Morgan fingerprint density at radius 1 is 0.821 bits per heavy atom. The van der Waals surface area contributed by atoms with E-state index in [1.165, 1.54) is 0 Å². The van der Waals surface area contributed by atoms with Crippen molar-refractivity contribution in [3.63, 3.8) is 0 Å². The Labute approximate surface area is 165 Å². The maximum Gasteiger partial charge on any atom is 0.253 e. The Balaban J connectivity index is 1.47. The van der Waals surface area contributed by atoms with E-state index in [1.54, 1.807) is 14.2 Å². The summed E-state index contributed by atoms with van der Waals surface area (Å²) >= 11 is 0. The number of amides is 1. The molecule has 0 bridgehead atoms. The zero-order valence-corrected chi connectivity index (χ0v) is 16.2. The van der Waals surface area contributed by atoms with Crippen LogP contribution >= 0.6 is 0 Å². The van der Waals surface area contributed by atoms with E-state index >= 15 is 0 Å². The molecule has 0 aliphatic carbocycles. The number of piperazine rings is 1. The largest absolute Gasteiger partial charge is 0.497 e. The lowest BCUT2D eigenvalue weighted by Gasteiger charge is -2.36. The van der Waals surface area contributed by atoms with Crippen LogP contribution in [0.5, 0.6) is 11.5 Å². The fourth-order valence-electron chi connectivity index (χ4n) is 3.71. The van der Waals surface area contributed by atoms with E-state index in [2.05, 4.69) is 11.0 Å². The third-order valence-electron chi connectivity index (χ3n) is 5.29. The molecule has 3 aromatic rings. The molecule has 4 rings (SSSR count). The summed E-state index contributed by atoms with van der Waals surface area (Å²) in [7, 11) is 3.34. The van der Waals surface area contributed by atoms with Gasteiger partial charge >= 0.3 is 0 Å². The molecule has 1 aliphatic heterocycles. The van der Waals surface area contributed by atoms with Crippen molar-refractivity contribution in [3.05, 3.63) is 66.2 Å². The third-order valence-corrected chi connectivity index (χ3v) is 5.29. The van der Waals surface area contributed by atoms with E-state index in [0.29, 0.717) is 13.1 Å². The van der Waals surface area contributed by atoms with Crippen molar-refractivity contribution in [2.45, 2.75) is 0 Å². The second-order valence-electron chi connectivity index (χ2n) is 6.88. The van der Waals surface area contributed by atoms with Crippen molar-refractivity contribution in [3.8, 4) is 11.5 Å². The first-order valence-electron chi connectivity index (χ1n) is 9.44. The SMILES string of the molecule is COc1ccc2cc(C(=O)N3CCN(c4ccccc4OC)CC3)ccc2c1. The van der Waals surface area contributed by atoms with Crippen molar-refractivity contribution < 1.29 is 14.3 Å². The maximum absolute atomic E-state index is 13.0. The lowest BCUT2D eigenvalue weighted by Crippen LogP contribution is -2.48. The molecule has 0 atom stereocenters. The molecule has 0 unspecified atom stereocenters. The number of carbonyl (C=O) groups is 1. The normalized spacial score (nSPS) is 14.2. The van der Waals surface area contributed by atoms with E-state index in [1.807, 2.05) is 59.5 Å². The Hall–Kier alpha value is -3.21. The molecule has 0 spiro atoms. The number of carbonyl (C=O) groups excluding carboxylic acids is 1. The highest BCUT2D eigenvalue weighted by atomic mass is 16.5. The van der Waals surface area contributed by atoms with Crippen LogP contribution in [-0.4, -0.2) is 51.2 Å². The predicted octanol–water partition coefficient (Wildman–Crippen LogP) is 3.82. The molecular weight excluding hydrogens is 352 g/mol. The number of ether oxygens (including phenoxy) is 2. The number of hydrogen-bond acceptors (Lipinski definition) is 4. The highest BCUT2D eigenvalue weighted by molar-refractivity contribution is 5.99. The van der Waals surface area contributed by atoms with E-state index in [9.17, 15) is 4.79 Å². The quantitative estimate of drug-likeness (QED) is 0.694. The molecule has 5 heteroatoms. The van der Waals surface area contributed by atoms with Crippen LogP contribution in [0.25, 0.3) is 10.8 Å². The summed E-state index contributed by atoms with van der Waals surface area (Å²) < 4.78 is 10.7. The Bertz CT molecular complexity index is 994. The number of fused-ring (bicyclic) bond motifs is 1. The first kappa shape index (κ1) is 18.2. The summed E-state index contributed by atoms with van der Waals surface area (Å²) in [5.74, 6) is 1.77. The monoisotopic (exact) mass is 376 g/mol. The molecule has 0 aromatic heterocycles. The van der Waals surface area contributed by atoms with Gasteiger partial charge in [-0.25, -0.2) is 0 Å². The Morgan fingerprint density at radius 3 is 2.29 bits per heavy atom. The van der Waals surface area contributed by atoms with Gasteiger partial charge in [0.05, 0.1) is 19.9 Å². The van der Waals surface area contributed by atoms with Gasteiger partial charge in [0.25, 0.3) is 5.91 Å². The molecule has 5 nitrogen and oxygen atoms in total. The molecule has 0 N–H and O–H groups in total. The molecular formula is C23H24N2O3. The van der Waals surface area contributed by atoms with E-state index in [-0.39, 0.29) is 5.91 Å². The zero-order valence-electron chi connectivity index (χ0n) is 16.2. The molecule has 1 saturated heterocycles. The molecule has 1 amide bonds. The second kappa shape index (κ2) is 7.80. The molecule has 1 heterocycles. The summed E-state index contributed by atoms with van der Waals surface area (Å²) in [6.45, 7) is 2.96. The number of nitrogens with zero attached hydrogens (tertiary/aromatic N) is 2. The van der Waals surface area contributed by atoms with Gasteiger partial charge in [0.2, 0.25) is 0 Å². The minimum absolute atomic E-state index is 0.0809. The average molecular weight is 376 g/mol. The van der Waals surface area contributed by atoms with Crippen LogP contribution in [-0.2, 0) is 0 Å². The first-order valence-corrected chi connectivity index (χ1v) is 9.44. The fraction of sp³-hybridized carbons (Fsp3) is 0.261. The maximum atomic E-state index is 13.0. The summed E-state index contributed by atoms with van der Waals surface area (Å²) in [6.07, 6.45) is 0. The van der Waals surface area contributed by atoms with Crippen molar-refractivity contribution in [2.75, 3.05) is 45.3 Å². The summed E-state index contributed by atoms with van der Waals surface area (Å²) in [5, 5.41) is 2.11. The van der Waals surface area contributed by atoms with Gasteiger partial charge in [-0.2, -0.15) is 0 Å². The van der Waals surface area contributed by atoms with Crippen molar-refractivity contribution in [1.82, 2.24) is 4.90 Å². The summed E-state index contributed by atoms with van der Waals surface area (Å²) in [5.41, 5.74) is 1.81. The van der Waals surface area contributed by atoms with Crippen LogP contribution in [0.4, 0.5) is 5.69 Å². The first-order chi connectivity index (χ1) is 13.7. The Kier molecular flexibility index (Phi) is 5.06. The lowest BCUT2D eigenvalue weighted by atomic mass is 10.1. The van der Waals surface area contributed by atoms with Crippen molar-refractivity contribution in [1.29, 1.82) is 0 Å². The zero-order chi connectivity index (χ0) is 19.5. The van der Waals surface area contributed by atoms with Crippen LogP contribution in [0, 0.1) is 0 Å². The molecule has 1 aliphatic rings. The smallest absolute Gasteiger partial charge is 0.253 e. The number of hydrogen-bond donors (Lipinski definition) is 0. The lowest BCUT2D eigenvalue weighted by molar-refractivity contribution is 0.0747. The second-order valence-corrected chi connectivity index (χ2v) is 6.88. The fourth-order valence-corrected chi connectivity index (χ4v) is 3.71. The standard InChI is InChI=1S/C23H24N2O3/c1-27-20-10-9-17-15-19(8-7-18(17)16-20)23(26)25-13-11-24(12-14-25)21-5-3-4-6-22(21)28-2/h3-10,15-16H,11-14H2,1-2H3. The van der Waals surface area contributed by atoms with Crippen LogP contribution in [0.15, 0.2) is 60.7 Å². The van der Waals surface area contributed by atoms with E-state index in [4.69, 9.17) is 9.47 Å². The van der Waals surface area contributed by atoms with Gasteiger partial charge in [0, 0.05) is 31.7 Å². The average Bonchev–Trinajstić information content (AvgIpc) is 2.78. The topological polar surface area (TPSA) is 42.0 Å². The molecule has 28 heavy (non-hydrogen) atoms. The van der Waals surface area contributed by atoms with E-state index in [0.717, 1.165) is 46.6 Å². The molecule has 3 aromatic carbocycles. The van der Waals surface area contributed by atoms with Crippen LogP contribution in [0.3, 0.4) is 0 Å². The van der Waals surface area contributed by atoms with Gasteiger partial charge in [0.1, 0.15) is 11.5 Å². The van der Waals surface area contributed by atoms with Gasteiger partial charge in [-0.1, -0.05) is 24.3 Å². The summed E-state index contributed by atoms with van der Waals surface area (Å²) in [4.78, 5) is 17.2. The number of anilines is 1. The highest BCUT2D eigenvalue weighted by Gasteiger charge is 2.23. The van der Waals surface area contributed by atoms with Gasteiger partial charge in [0.15, 0.2) is 0 Å². The van der Waals surface area contributed by atoms with Crippen molar-refractivity contribution >= 4 is 22.4 Å². The van der Waals surface area contributed by atoms with Gasteiger partial charge in [-0.05, 0) is 47.2 Å². The molecule has 0 saturated carbocycles. The van der Waals surface area contributed by atoms with Gasteiger partial charge in [-0.15, -0.1) is 0 Å². The minimum Gasteiger partial charge on any atom is -0.497 e. The van der Waals surface area contributed by atoms with Crippen LogP contribution < -0.4 is 14.4 Å². The van der Waals surface area contributed by atoms with Crippen LogP contribution in [0.2, 0.25) is 0 Å². The number of methoxy groups -OCH3 is 2. The highest BCUT2D eigenvalue weighted by Crippen LogP contribution is 2.29. The molecule has 1 fully saturated rings. The predicted molar refractivity (Wildman–Crippen MR) is 112 cm³/mol. The van der Waals surface area contributed by atoms with Gasteiger partial charge in [-0.3, -0.25) is 4.79 Å². The van der Waals surface area contributed by atoms with E-state index < -0.39 is 0 Å². The molecule has 0 radical (unpaired) electrons.